The fourth-order valence-corrected chi connectivity index (χ4v) is 5.06. The molecule has 3 nitrogen and oxygen atoms in total. The van der Waals surface area contributed by atoms with Crippen LogP contribution in [0.4, 0.5) is 0 Å². The van der Waals surface area contributed by atoms with E-state index in [0.717, 1.165) is 16.8 Å². The Hall–Kier alpha value is -3.59. The molecule has 0 aliphatic rings. The number of hydrogen-bond donors (Lipinski definition) is 0. The molecule has 3 heteroatoms. The maximum absolute atomic E-state index is 8.48. The van der Waals surface area contributed by atoms with Crippen LogP contribution in [0.1, 0.15) is 26.7 Å². The molecule has 0 unspecified atom stereocenters. The van der Waals surface area contributed by atoms with E-state index in [1.165, 1.54) is 38.2 Å². The predicted octanol–water partition coefficient (Wildman–Crippen LogP) is 6.38. The van der Waals surface area contributed by atoms with Gasteiger partial charge in [0.1, 0.15) is 5.52 Å². The molecular formula is C28H26N3+. The van der Waals surface area contributed by atoms with E-state index in [1.807, 2.05) is 13.8 Å². The summed E-state index contributed by atoms with van der Waals surface area (Å²) in [4.78, 5) is 0. The smallest absolute Gasteiger partial charge is 0.295 e. The van der Waals surface area contributed by atoms with Gasteiger partial charge in [0, 0.05) is 19.2 Å². The average molecular weight is 406 g/mol. The van der Waals surface area contributed by atoms with Gasteiger partial charge in [-0.05, 0) is 47.2 Å². The molecular weight excluding hydrogens is 378 g/mol. The third-order valence-electron chi connectivity index (χ3n) is 6.60. The molecule has 0 aliphatic heterocycles. The second-order valence-corrected chi connectivity index (χ2v) is 8.68. The van der Waals surface area contributed by atoms with Crippen LogP contribution in [-0.4, -0.2) is 9.13 Å². The molecule has 0 amide bonds. The van der Waals surface area contributed by atoms with Crippen LogP contribution < -0.4 is 4.57 Å². The largest absolute Gasteiger partial charge is 0.311 e. The summed E-state index contributed by atoms with van der Waals surface area (Å²) in [7, 11) is 4.27. The molecule has 3 aromatic heterocycles. The molecule has 0 aliphatic carbocycles. The van der Waals surface area contributed by atoms with Gasteiger partial charge >= 0.3 is 0 Å². The minimum absolute atomic E-state index is 0.629. The first-order valence-corrected chi connectivity index (χ1v) is 10.8. The lowest BCUT2D eigenvalue weighted by atomic mass is 10.00. The Kier molecular flexibility index (Phi) is 3.56. The van der Waals surface area contributed by atoms with Crippen LogP contribution in [0.25, 0.3) is 49.4 Å². The van der Waals surface area contributed by atoms with Crippen LogP contribution in [0.2, 0.25) is 0 Å². The minimum atomic E-state index is -0.629. The average Bonchev–Trinajstić information content (AvgIpc) is 3.26. The Morgan fingerprint density at radius 2 is 1.52 bits per heavy atom. The summed E-state index contributed by atoms with van der Waals surface area (Å²) in [6, 6.07) is 25.9. The lowest BCUT2D eigenvalue weighted by Gasteiger charge is -2.11. The highest BCUT2D eigenvalue weighted by atomic mass is 15.2. The van der Waals surface area contributed by atoms with Gasteiger partial charge in [0.15, 0.2) is 0 Å². The monoisotopic (exact) mass is 405 g/mol. The topological polar surface area (TPSA) is 13.7 Å². The molecule has 6 aromatic rings. The summed E-state index contributed by atoms with van der Waals surface area (Å²) in [5.41, 5.74) is 4.65. The zero-order valence-corrected chi connectivity index (χ0v) is 18.3. The van der Waals surface area contributed by atoms with E-state index in [0.29, 0.717) is 0 Å². The second kappa shape index (κ2) is 6.45. The maximum Gasteiger partial charge on any atom is 0.295 e. The lowest BCUT2D eigenvalue weighted by Crippen LogP contribution is -2.33. The molecule has 3 heterocycles. The van der Waals surface area contributed by atoms with E-state index in [-0.39, 0.29) is 0 Å². The Balaban J connectivity index is 1.82. The van der Waals surface area contributed by atoms with Crippen LogP contribution in [0.15, 0.2) is 79.0 Å². The molecule has 0 bridgehead atoms. The van der Waals surface area contributed by atoms with Gasteiger partial charge in [-0.25, -0.2) is 4.57 Å². The van der Waals surface area contributed by atoms with Crippen LogP contribution in [0.3, 0.4) is 0 Å². The molecule has 0 saturated heterocycles. The van der Waals surface area contributed by atoms with Crippen molar-refractivity contribution in [2.24, 2.45) is 14.1 Å². The van der Waals surface area contributed by atoms with Crippen molar-refractivity contribution in [1.82, 2.24) is 9.13 Å². The summed E-state index contributed by atoms with van der Waals surface area (Å²) >= 11 is 0. The summed E-state index contributed by atoms with van der Waals surface area (Å²) in [6.45, 7) is 3.88. The number of pyridine rings is 1. The third-order valence-corrected chi connectivity index (χ3v) is 6.60. The molecule has 0 fully saturated rings. The highest BCUT2D eigenvalue weighted by Crippen LogP contribution is 2.39. The first-order valence-electron chi connectivity index (χ1n) is 11.3. The zero-order valence-electron chi connectivity index (χ0n) is 19.3. The van der Waals surface area contributed by atoms with Gasteiger partial charge in [-0.15, -0.1) is 0 Å². The van der Waals surface area contributed by atoms with Crippen molar-refractivity contribution in [3.63, 3.8) is 0 Å². The maximum atomic E-state index is 8.48. The zero-order chi connectivity index (χ0) is 22.2. The molecule has 3 aromatic carbocycles. The van der Waals surface area contributed by atoms with E-state index in [9.17, 15) is 0 Å². The molecule has 0 saturated carbocycles. The summed E-state index contributed by atoms with van der Waals surface area (Å²) in [5.74, 6) is 0.504. The second-order valence-electron chi connectivity index (χ2n) is 8.68. The van der Waals surface area contributed by atoms with Gasteiger partial charge in [0.2, 0.25) is 5.65 Å². The van der Waals surface area contributed by atoms with Crippen molar-refractivity contribution in [1.29, 1.82) is 0 Å². The summed E-state index contributed by atoms with van der Waals surface area (Å²) in [6.07, 6.45) is 2.13. The van der Waals surface area contributed by atoms with Crippen molar-refractivity contribution in [3.05, 3.63) is 84.6 Å². The molecule has 152 valence electrons. The molecule has 0 radical (unpaired) electrons. The van der Waals surface area contributed by atoms with Crippen molar-refractivity contribution in [3.8, 4) is 5.82 Å². The van der Waals surface area contributed by atoms with Gasteiger partial charge in [-0.3, -0.25) is 0 Å². The minimum Gasteiger partial charge on any atom is -0.311 e. The third kappa shape index (κ3) is 2.43. The molecule has 31 heavy (non-hydrogen) atoms. The fourth-order valence-electron chi connectivity index (χ4n) is 5.06. The lowest BCUT2D eigenvalue weighted by molar-refractivity contribution is -0.664. The Morgan fingerprint density at radius 1 is 0.839 bits per heavy atom. The van der Waals surface area contributed by atoms with Gasteiger partial charge in [-0.2, -0.15) is 4.57 Å². The number of fused-ring (bicyclic) bond motifs is 6. The van der Waals surface area contributed by atoms with Crippen molar-refractivity contribution in [2.45, 2.75) is 19.7 Å². The Labute approximate surface area is 183 Å². The number of nitrogens with zero attached hydrogens (tertiary/aromatic N) is 3. The Morgan fingerprint density at radius 3 is 2.26 bits per heavy atom. The SMILES string of the molecule is [2H]C(C)(C)c1ccc2c(-n3c4ccccc4c4c5ccccc5n(C)c43)[n+](C)ccc2c1. The van der Waals surface area contributed by atoms with Crippen LogP contribution in [-0.2, 0) is 14.1 Å². The van der Waals surface area contributed by atoms with Gasteiger partial charge < -0.3 is 4.57 Å². The standard InChI is InChI=1S/C28H26N3/c1-18(2)19-13-14-21-20(17-19)15-16-29(3)27(21)31-25-12-8-6-10-23(25)26-22-9-5-7-11-24(22)30(4)28(26)31/h5-18H,1-4H3/q+1/i18D. The number of aromatic nitrogens is 3. The number of para-hydroxylation sites is 2. The van der Waals surface area contributed by atoms with Crippen molar-refractivity contribution >= 4 is 43.6 Å². The fraction of sp³-hybridized carbons (Fsp3) is 0.179. The summed E-state index contributed by atoms with van der Waals surface area (Å²) < 4.78 is 15.4. The highest BCUT2D eigenvalue weighted by molar-refractivity contribution is 6.22. The molecule has 0 spiro atoms. The Bertz CT molecular complexity index is 1680. The van der Waals surface area contributed by atoms with Crippen LogP contribution >= 0.6 is 0 Å². The van der Waals surface area contributed by atoms with Crippen LogP contribution in [0.5, 0.6) is 0 Å². The molecule has 0 N–H and O–H groups in total. The van der Waals surface area contributed by atoms with E-state index < -0.39 is 5.89 Å². The number of hydrogen-bond acceptors (Lipinski definition) is 0. The van der Waals surface area contributed by atoms with Gasteiger partial charge in [-0.1, -0.05) is 56.3 Å². The van der Waals surface area contributed by atoms with E-state index >= 15 is 0 Å². The number of rotatable bonds is 2. The van der Waals surface area contributed by atoms with Crippen LogP contribution in [0, 0.1) is 0 Å². The normalized spacial score (nSPS) is 13.0. The number of benzene rings is 3. The van der Waals surface area contributed by atoms with Gasteiger partial charge in [0.05, 0.1) is 29.5 Å². The number of aryl methyl sites for hydroxylation is 2. The predicted molar refractivity (Wildman–Crippen MR) is 130 cm³/mol. The van der Waals surface area contributed by atoms with Gasteiger partial charge in [0.25, 0.3) is 5.82 Å². The van der Waals surface area contributed by atoms with Crippen molar-refractivity contribution in [2.75, 3.05) is 0 Å². The van der Waals surface area contributed by atoms with E-state index in [2.05, 4.69) is 107 Å². The van der Waals surface area contributed by atoms with E-state index in [4.69, 9.17) is 1.37 Å². The van der Waals surface area contributed by atoms with E-state index in [1.54, 1.807) is 0 Å². The highest BCUT2D eigenvalue weighted by Gasteiger charge is 2.27. The van der Waals surface area contributed by atoms with Crippen molar-refractivity contribution < 1.29 is 5.94 Å². The molecule has 6 rings (SSSR count). The quantitative estimate of drug-likeness (QED) is 0.297. The molecule has 0 atom stereocenters. The first kappa shape index (κ1) is 17.1. The summed E-state index contributed by atoms with van der Waals surface area (Å²) in [5, 5.41) is 6.16. The first-order chi connectivity index (χ1) is 15.4.